The molecule has 0 aliphatic heterocycles. The predicted molar refractivity (Wildman–Crippen MR) is 93.9 cm³/mol. The number of nitrogens with zero attached hydrogens (tertiary/aromatic N) is 3. The second kappa shape index (κ2) is 7.81. The number of rotatable bonds is 7. The van der Waals surface area contributed by atoms with E-state index in [2.05, 4.69) is 37.7 Å². The Morgan fingerprint density at radius 1 is 1.29 bits per heavy atom. The van der Waals surface area contributed by atoms with Gasteiger partial charge in [-0.3, -0.25) is 5.10 Å². The van der Waals surface area contributed by atoms with Crippen LogP contribution in [-0.2, 0) is 6.54 Å². The number of aliphatic imine (C=N–C) groups is 1. The third-order valence-electron chi connectivity index (χ3n) is 3.87. The van der Waals surface area contributed by atoms with Crippen molar-refractivity contribution in [3.63, 3.8) is 0 Å². The molecule has 3 N–H and O–H groups in total. The first kappa shape index (κ1) is 16.3. The maximum Gasteiger partial charge on any atom is 0.191 e. The zero-order chi connectivity index (χ0) is 16.8. The fourth-order valence-electron chi connectivity index (χ4n) is 2.29. The molecular formula is C17H24N6O. The minimum Gasteiger partial charge on any atom is -0.497 e. The van der Waals surface area contributed by atoms with Crippen molar-refractivity contribution in [2.24, 2.45) is 10.9 Å². The summed E-state index contributed by atoms with van der Waals surface area (Å²) >= 11 is 0. The number of nitrogens with one attached hydrogen (secondary N) is 3. The van der Waals surface area contributed by atoms with Gasteiger partial charge in [-0.25, -0.2) is 9.98 Å². The quantitative estimate of drug-likeness (QED) is 0.534. The van der Waals surface area contributed by atoms with Crippen LogP contribution in [0.4, 0.5) is 0 Å². The fraction of sp³-hybridized carbons (Fsp3) is 0.471. The number of H-pyrrole nitrogens is 1. The van der Waals surface area contributed by atoms with Crippen LogP contribution < -0.4 is 15.4 Å². The zero-order valence-electron chi connectivity index (χ0n) is 14.2. The largest absolute Gasteiger partial charge is 0.497 e. The number of ether oxygens (including phenoxy) is 1. The summed E-state index contributed by atoms with van der Waals surface area (Å²) in [6, 6.07) is 7.68. The maximum atomic E-state index is 5.16. The third kappa shape index (κ3) is 4.47. The summed E-state index contributed by atoms with van der Waals surface area (Å²) in [7, 11) is 1.65. The van der Waals surface area contributed by atoms with Gasteiger partial charge in [-0.15, -0.1) is 0 Å². The van der Waals surface area contributed by atoms with Crippen LogP contribution in [0.1, 0.15) is 25.6 Å². The summed E-state index contributed by atoms with van der Waals surface area (Å²) in [5.41, 5.74) is 0.945. The molecule has 1 aromatic carbocycles. The lowest BCUT2D eigenvalue weighted by atomic mass is 10.2. The summed E-state index contributed by atoms with van der Waals surface area (Å²) in [6.45, 7) is 4.34. The Kier molecular flexibility index (Phi) is 5.30. The highest BCUT2D eigenvalue weighted by atomic mass is 16.5. The van der Waals surface area contributed by atoms with E-state index in [1.165, 1.54) is 12.8 Å². The van der Waals surface area contributed by atoms with Gasteiger partial charge in [-0.1, -0.05) is 0 Å². The van der Waals surface area contributed by atoms with Crippen LogP contribution in [0.2, 0.25) is 0 Å². The SMILES string of the molecule is CCNC(=NCc1nc(-c2ccc(OC)cc2)n[nH]1)NCC1CC1. The molecule has 1 heterocycles. The highest BCUT2D eigenvalue weighted by Gasteiger charge is 2.21. The van der Waals surface area contributed by atoms with Crippen molar-refractivity contribution >= 4 is 5.96 Å². The molecule has 2 aromatic rings. The molecule has 1 aliphatic carbocycles. The standard InChI is InChI=1S/C17H24N6O/c1-3-18-17(19-10-12-4-5-12)20-11-15-21-16(23-22-15)13-6-8-14(24-2)9-7-13/h6-9,12H,3-5,10-11H2,1-2H3,(H2,18,19,20)(H,21,22,23). The Balaban J connectivity index is 1.61. The van der Waals surface area contributed by atoms with Gasteiger partial charge in [0.15, 0.2) is 11.8 Å². The summed E-state index contributed by atoms with van der Waals surface area (Å²) in [4.78, 5) is 9.06. The second-order valence-corrected chi connectivity index (χ2v) is 5.85. The summed E-state index contributed by atoms with van der Waals surface area (Å²) in [5.74, 6) is 3.85. The lowest BCUT2D eigenvalue weighted by Gasteiger charge is -2.09. The van der Waals surface area contributed by atoms with Crippen LogP contribution in [0.25, 0.3) is 11.4 Å². The van der Waals surface area contributed by atoms with Gasteiger partial charge in [0, 0.05) is 18.7 Å². The molecule has 7 nitrogen and oxygen atoms in total. The number of hydrogen-bond donors (Lipinski definition) is 3. The van der Waals surface area contributed by atoms with Crippen LogP contribution in [-0.4, -0.2) is 41.3 Å². The smallest absolute Gasteiger partial charge is 0.191 e. The lowest BCUT2D eigenvalue weighted by Crippen LogP contribution is -2.38. The monoisotopic (exact) mass is 328 g/mol. The molecule has 0 spiro atoms. The minimum atomic E-state index is 0.461. The molecule has 0 amide bonds. The molecule has 0 unspecified atom stereocenters. The van der Waals surface area contributed by atoms with Gasteiger partial charge < -0.3 is 15.4 Å². The highest BCUT2D eigenvalue weighted by molar-refractivity contribution is 5.79. The Morgan fingerprint density at radius 2 is 2.08 bits per heavy atom. The molecule has 7 heteroatoms. The van der Waals surface area contributed by atoms with Crippen molar-refractivity contribution < 1.29 is 4.74 Å². The maximum absolute atomic E-state index is 5.16. The Bertz CT molecular complexity index is 675. The molecule has 1 saturated carbocycles. The number of benzene rings is 1. The number of hydrogen-bond acceptors (Lipinski definition) is 4. The number of aromatic amines is 1. The average Bonchev–Trinajstić information content (AvgIpc) is 3.33. The zero-order valence-corrected chi connectivity index (χ0v) is 14.2. The van der Waals surface area contributed by atoms with Crippen molar-refractivity contribution in [3.05, 3.63) is 30.1 Å². The number of methoxy groups -OCH3 is 1. The van der Waals surface area contributed by atoms with E-state index in [9.17, 15) is 0 Å². The van der Waals surface area contributed by atoms with E-state index >= 15 is 0 Å². The first-order valence-electron chi connectivity index (χ1n) is 8.36. The van der Waals surface area contributed by atoms with Crippen molar-refractivity contribution in [1.29, 1.82) is 0 Å². The van der Waals surface area contributed by atoms with Crippen LogP contribution in [0.5, 0.6) is 5.75 Å². The van der Waals surface area contributed by atoms with Crippen molar-refractivity contribution in [2.75, 3.05) is 20.2 Å². The summed E-state index contributed by atoms with van der Waals surface area (Å²) in [6.07, 6.45) is 2.64. The molecular weight excluding hydrogens is 304 g/mol. The highest BCUT2D eigenvalue weighted by Crippen LogP contribution is 2.27. The molecule has 0 radical (unpaired) electrons. The van der Waals surface area contributed by atoms with Crippen LogP contribution >= 0.6 is 0 Å². The van der Waals surface area contributed by atoms with E-state index in [4.69, 9.17) is 4.74 Å². The van der Waals surface area contributed by atoms with E-state index in [0.717, 1.165) is 42.1 Å². The van der Waals surface area contributed by atoms with Crippen LogP contribution in [0.15, 0.2) is 29.3 Å². The molecule has 1 aromatic heterocycles. The van der Waals surface area contributed by atoms with E-state index in [1.807, 2.05) is 24.3 Å². The molecule has 3 rings (SSSR count). The number of aromatic nitrogens is 3. The molecule has 0 saturated heterocycles. The molecule has 0 bridgehead atoms. The predicted octanol–water partition coefficient (Wildman–Crippen LogP) is 1.95. The first-order chi connectivity index (χ1) is 11.8. The van der Waals surface area contributed by atoms with Crippen molar-refractivity contribution in [3.8, 4) is 17.1 Å². The van der Waals surface area contributed by atoms with Crippen LogP contribution in [0, 0.1) is 5.92 Å². The normalized spacial score (nSPS) is 14.5. The Hall–Kier alpha value is -2.57. The first-order valence-corrected chi connectivity index (χ1v) is 8.36. The number of guanidine groups is 1. The molecule has 24 heavy (non-hydrogen) atoms. The van der Waals surface area contributed by atoms with Crippen LogP contribution in [0.3, 0.4) is 0 Å². The van der Waals surface area contributed by atoms with Gasteiger partial charge in [0.2, 0.25) is 0 Å². The second-order valence-electron chi connectivity index (χ2n) is 5.85. The van der Waals surface area contributed by atoms with Gasteiger partial charge in [-0.05, 0) is 49.9 Å². The van der Waals surface area contributed by atoms with Gasteiger partial charge in [0.25, 0.3) is 0 Å². The topological polar surface area (TPSA) is 87.2 Å². The van der Waals surface area contributed by atoms with E-state index in [0.29, 0.717) is 12.4 Å². The van der Waals surface area contributed by atoms with Gasteiger partial charge in [-0.2, -0.15) is 5.10 Å². The average molecular weight is 328 g/mol. The van der Waals surface area contributed by atoms with Gasteiger partial charge in [0.1, 0.15) is 18.1 Å². The molecule has 1 aliphatic rings. The van der Waals surface area contributed by atoms with Gasteiger partial charge in [0.05, 0.1) is 7.11 Å². The van der Waals surface area contributed by atoms with Gasteiger partial charge >= 0.3 is 0 Å². The third-order valence-corrected chi connectivity index (χ3v) is 3.87. The van der Waals surface area contributed by atoms with E-state index in [-0.39, 0.29) is 0 Å². The molecule has 0 atom stereocenters. The fourth-order valence-corrected chi connectivity index (χ4v) is 2.29. The minimum absolute atomic E-state index is 0.461. The van der Waals surface area contributed by atoms with Crippen molar-refractivity contribution in [1.82, 2.24) is 25.8 Å². The molecule has 128 valence electrons. The summed E-state index contributed by atoms with van der Waals surface area (Å²) in [5, 5.41) is 13.8. The molecule has 1 fully saturated rings. The van der Waals surface area contributed by atoms with Crippen molar-refractivity contribution in [2.45, 2.75) is 26.3 Å². The lowest BCUT2D eigenvalue weighted by molar-refractivity contribution is 0.415. The summed E-state index contributed by atoms with van der Waals surface area (Å²) < 4.78 is 5.16. The Morgan fingerprint density at radius 3 is 2.75 bits per heavy atom. The van der Waals surface area contributed by atoms with E-state index in [1.54, 1.807) is 7.11 Å². The van der Waals surface area contributed by atoms with E-state index < -0.39 is 0 Å². The Labute approximate surface area is 141 Å².